The van der Waals surface area contributed by atoms with Crippen molar-refractivity contribution in [2.45, 2.75) is 25.4 Å². The lowest BCUT2D eigenvalue weighted by molar-refractivity contribution is -0.956. The number of likely N-dealkylation sites (N-methyl/N-ethyl adjacent to an activating group) is 1. The van der Waals surface area contributed by atoms with E-state index >= 15 is 0 Å². The topological polar surface area (TPSA) is 36.9 Å². The molecule has 2 atom stereocenters. The summed E-state index contributed by atoms with van der Waals surface area (Å²) in [7, 11) is 5.77. The zero-order valence-electron chi connectivity index (χ0n) is 15.5. The van der Waals surface area contributed by atoms with E-state index < -0.39 is 0 Å². The third-order valence-electron chi connectivity index (χ3n) is 6.32. The Morgan fingerprint density at radius 3 is 2.65 bits per heavy atom. The fourth-order valence-corrected chi connectivity index (χ4v) is 4.86. The van der Waals surface area contributed by atoms with Crippen LogP contribution in [0.5, 0.6) is 23.0 Å². The van der Waals surface area contributed by atoms with E-state index in [0.717, 1.165) is 53.4 Å². The third-order valence-corrected chi connectivity index (χ3v) is 6.32. The van der Waals surface area contributed by atoms with E-state index in [0.29, 0.717) is 12.8 Å². The summed E-state index contributed by atoms with van der Waals surface area (Å²) in [5.41, 5.74) is 5.47. The third kappa shape index (κ3) is 2.13. The van der Waals surface area contributed by atoms with Crippen LogP contribution in [0, 0.1) is 0 Å². The maximum atomic E-state index is 5.79. The first-order chi connectivity index (χ1) is 12.6. The molecule has 136 valence electrons. The Balaban J connectivity index is 1.62. The van der Waals surface area contributed by atoms with E-state index in [1.807, 2.05) is 0 Å². The van der Waals surface area contributed by atoms with Crippen molar-refractivity contribution in [3.8, 4) is 23.0 Å². The molecule has 0 fully saturated rings. The maximum absolute atomic E-state index is 5.79. The van der Waals surface area contributed by atoms with Gasteiger partial charge >= 0.3 is 0 Å². The van der Waals surface area contributed by atoms with Crippen molar-refractivity contribution in [2.24, 2.45) is 0 Å². The number of hydrogen-bond donors (Lipinski definition) is 0. The molecule has 0 amide bonds. The highest BCUT2D eigenvalue weighted by molar-refractivity contribution is 5.54. The molecule has 0 aromatic heterocycles. The zero-order valence-corrected chi connectivity index (χ0v) is 15.5. The Morgan fingerprint density at radius 2 is 1.85 bits per heavy atom. The molecule has 5 heteroatoms. The Bertz CT molecular complexity index is 894. The average molecular weight is 354 g/mol. The van der Waals surface area contributed by atoms with Gasteiger partial charge in [0.15, 0.2) is 23.0 Å². The van der Waals surface area contributed by atoms with Crippen molar-refractivity contribution >= 4 is 0 Å². The molecule has 3 heterocycles. The lowest BCUT2D eigenvalue weighted by Gasteiger charge is -2.49. The molecule has 0 aliphatic carbocycles. The molecule has 2 aromatic carbocycles. The molecule has 0 saturated heterocycles. The van der Waals surface area contributed by atoms with Crippen LogP contribution in [0.15, 0.2) is 24.3 Å². The summed E-state index contributed by atoms with van der Waals surface area (Å²) in [6, 6.07) is 9.03. The summed E-state index contributed by atoms with van der Waals surface area (Å²) in [4.78, 5) is 0. The Morgan fingerprint density at radius 1 is 1.04 bits per heavy atom. The smallest absolute Gasteiger partial charge is 0.231 e. The molecule has 2 aromatic rings. The second kappa shape index (κ2) is 5.55. The molecular weight excluding hydrogens is 330 g/mol. The molecule has 3 aliphatic rings. The summed E-state index contributed by atoms with van der Waals surface area (Å²) < 4.78 is 23.5. The number of nitrogens with zero attached hydrogens (tertiary/aromatic N) is 1. The molecule has 0 saturated carbocycles. The number of fused-ring (bicyclic) bond motifs is 6. The van der Waals surface area contributed by atoms with Crippen LogP contribution >= 0.6 is 0 Å². The number of methoxy groups -OCH3 is 2. The Labute approximate surface area is 153 Å². The van der Waals surface area contributed by atoms with Gasteiger partial charge in [-0.2, -0.15) is 0 Å². The minimum absolute atomic E-state index is 0.332. The minimum Gasteiger partial charge on any atom is -0.493 e. The first kappa shape index (κ1) is 15.8. The Hall–Kier alpha value is -2.40. The van der Waals surface area contributed by atoms with Gasteiger partial charge in [-0.3, -0.25) is 0 Å². The highest BCUT2D eigenvalue weighted by atomic mass is 16.7. The summed E-state index contributed by atoms with van der Waals surface area (Å²) in [6.45, 7) is 2.41. The lowest BCUT2D eigenvalue weighted by Crippen LogP contribution is -2.53. The maximum Gasteiger partial charge on any atom is 0.231 e. The van der Waals surface area contributed by atoms with E-state index in [1.165, 1.54) is 22.3 Å². The molecule has 0 radical (unpaired) electrons. The first-order valence-electron chi connectivity index (χ1n) is 9.12. The molecular formula is C21H24NO4+. The first-order valence-corrected chi connectivity index (χ1v) is 9.12. The predicted molar refractivity (Wildman–Crippen MR) is 97.0 cm³/mol. The zero-order chi connectivity index (χ0) is 17.9. The second-order valence-corrected chi connectivity index (χ2v) is 7.67. The van der Waals surface area contributed by atoms with Crippen molar-refractivity contribution in [1.82, 2.24) is 0 Å². The predicted octanol–water partition coefficient (Wildman–Crippen LogP) is 3.23. The average Bonchev–Trinajstić information content (AvgIpc) is 3.14. The molecule has 0 unspecified atom stereocenters. The van der Waals surface area contributed by atoms with Gasteiger partial charge in [0.25, 0.3) is 0 Å². The van der Waals surface area contributed by atoms with E-state index in [-0.39, 0.29) is 0 Å². The van der Waals surface area contributed by atoms with Gasteiger partial charge in [0.1, 0.15) is 12.6 Å². The molecule has 0 N–H and O–H groups in total. The number of hydrogen-bond acceptors (Lipinski definition) is 4. The number of rotatable bonds is 2. The highest BCUT2D eigenvalue weighted by Crippen LogP contribution is 2.49. The summed E-state index contributed by atoms with van der Waals surface area (Å²) in [6.07, 6.45) is 2.05. The molecule has 3 aliphatic heterocycles. The van der Waals surface area contributed by atoms with Crippen LogP contribution in [0.25, 0.3) is 0 Å². The Kier molecular flexibility index (Phi) is 3.38. The summed E-state index contributed by atoms with van der Waals surface area (Å²) in [5, 5.41) is 0. The fraction of sp³-hybridized carbons (Fsp3) is 0.429. The molecule has 0 bridgehead atoms. The van der Waals surface area contributed by atoms with Crippen LogP contribution in [-0.4, -0.2) is 39.1 Å². The van der Waals surface area contributed by atoms with Crippen LogP contribution in [0.1, 0.15) is 28.3 Å². The lowest BCUT2D eigenvalue weighted by atomic mass is 9.81. The van der Waals surface area contributed by atoms with Gasteiger partial charge in [0, 0.05) is 18.4 Å². The van der Waals surface area contributed by atoms with Crippen molar-refractivity contribution < 1.29 is 23.4 Å². The number of ether oxygens (including phenoxy) is 4. The van der Waals surface area contributed by atoms with Gasteiger partial charge < -0.3 is 23.4 Å². The van der Waals surface area contributed by atoms with Crippen molar-refractivity contribution in [3.05, 3.63) is 46.5 Å². The largest absolute Gasteiger partial charge is 0.493 e. The van der Waals surface area contributed by atoms with E-state index in [9.17, 15) is 0 Å². The SMILES string of the molecule is COc1cc2c(cc1OC)[C@@H]1Cc3ccc4c(c3C[N@+]1(C)CC2)OCO4. The van der Waals surface area contributed by atoms with Gasteiger partial charge in [0.2, 0.25) is 6.79 Å². The van der Waals surface area contributed by atoms with E-state index in [2.05, 4.69) is 31.3 Å². The van der Waals surface area contributed by atoms with Crippen LogP contribution in [0.2, 0.25) is 0 Å². The second-order valence-electron chi connectivity index (χ2n) is 7.67. The monoisotopic (exact) mass is 354 g/mol. The molecule has 26 heavy (non-hydrogen) atoms. The van der Waals surface area contributed by atoms with Crippen LogP contribution < -0.4 is 18.9 Å². The standard InChI is InChI=1S/C21H24NO4/c1-22-7-6-14-9-19(23-2)20(24-3)10-15(14)17(22)8-13-4-5-18-21(16(13)11-22)26-12-25-18/h4-5,9-10,17H,6-8,11-12H2,1-3H3/q+1/t17-,22-/m0/s1. The highest BCUT2D eigenvalue weighted by Gasteiger charge is 2.45. The van der Waals surface area contributed by atoms with Gasteiger partial charge in [0.05, 0.1) is 33.4 Å². The number of benzene rings is 2. The van der Waals surface area contributed by atoms with Crippen molar-refractivity contribution in [3.63, 3.8) is 0 Å². The van der Waals surface area contributed by atoms with E-state index in [4.69, 9.17) is 18.9 Å². The van der Waals surface area contributed by atoms with Crippen LogP contribution in [0.4, 0.5) is 0 Å². The van der Waals surface area contributed by atoms with Crippen molar-refractivity contribution in [2.75, 3.05) is 34.6 Å². The quantitative estimate of drug-likeness (QED) is 0.776. The normalized spacial score (nSPS) is 25.1. The van der Waals surface area contributed by atoms with Gasteiger partial charge in [-0.15, -0.1) is 0 Å². The summed E-state index contributed by atoms with van der Waals surface area (Å²) >= 11 is 0. The molecule has 5 rings (SSSR count). The van der Waals surface area contributed by atoms with Crippen molar-refractivity contribution in [1.29, 1.82) is 0 Å². The minimum atomic E-state index is 0.332. The van der Waals surface area contributed by atoms with Crippen LogP contribution in [-0.2, 0) is 19.4 Å². The molecule has 0 spiro atoms. The van der Waals surface area contributed by atoms with Crippen LogP contribution in [0.3, 0.4) is 0 Å². The summed E-state index contributed by atoms with van der Waals surface area (Å²) in [5.74, 6) is 3.48. The van der Waals surface area contributed by atoms with Gasteiger partial charge in [-0.1, -0.05) is 6.07 Å². The van der Waals surface area contributed by atoms with Gasteiger partial charge in [-0.25, -0.2) is 0 Å². The fourth-order valence-electron chi connectivity index (χ4n) is 4.86. The molecule has 5 nitrogen and oxygen atoms in total. The van der Waals surface area contributed by atoms with E-state index in [1.54, 1.807) is 14.2 Å². The van der Waals surface area contributed by atoms with Gasteiger partial charge in [-0.05, 0) is 29.3 Å². The number of quaternary nitrogens is 1.